The Morgan fingerprint density at radius 1 is 0.952 bits per heavy atom. The maximum absolute atomic E-state index is 5.55. The minimum absolute atomic E-state index is 0.621. The van der Waals surface area contributed by atoms with Crippen molar-refractivity contribution in [3.63, 3.8) is 0 Å². The number of hydrogen-bond acceptors (Lipinski definition) is 3. The van der Waals surface area contributed by atoms with Crippen molar-refractivity contribution in [1.82, 2.24) is 9.80 Å². The third kappa shape index (κ3) is 5.42. The zero-order valence-corrected chi connectivity index (χ0v) is 13.7. The third-order valence-electron chi connectivity index (χ3n) is 4.45. The summed E-state index contributed by atoms with van der Waals surface area (Å²) in [5.74, 6) is 0.621. The lowest BCUT2D eigenvalue weighted by molar-refractivity contribution is 0.126. The van der Waals surface area contributed by atoms with Crippen LogP contribution in [0.5, 0.6) is 0 Å². The second-order valence-corrected chi connectivity index (χ2v) is 6.51. The van der Waals surface area contributed by atoms with E-state index in [-0.39, 0.29) is 0 Å². The molecular formula is C18H31N3. The molecule has 1 aliphatic rings. The predicted molar refractivity (Wildman–Crippen MR) is 90.5 cm³/mol. The van der Waals surface area contributed by atoms with E-state index in [1.54, 1.807) is 0 Å². The Labute approximate surface area is 130 Å². The van der Waals surface area contributed by atoms with Gasteiger partial charge in [0.15, 0.2) is 0 Å². The minimum Gasteiger partial charge on any atom is -0.330 e. The van der Waals surface area contributed by atoms with Crippen molar-refractivity contribution in [3.8, 4) is 0 Å². The fraction of sp³-hybridized carbons (Fsp3) is 0.667. The van der Waals surface area contributed by atoms with Crippen LogP contribution < -0.4 is 5.73 Å². The smallest absolute Gasteiger partial charge is 0.0234 e. The van der Waals surface area contributed by atoms with Gasteiger partial charge in [-0.3, -0.25) is 4.90 Å². The topological polar surface area (TPSA) is 32.5 Å². The lowest BCUT2D eigenvalue weighted by atomic mass is 10.0. The first-order valence-electron chi connectivity index (χ1n) is 8.42. The SMILES string of the molecule is CC(C)c1ccc(CN2CCN(CCCCN)CC2)cc1. The zero-order chi connectivity index (χ0) is 15.1. The molecule has 0 aromatic heterocycles. The summed E-state index contributed by atoms with van der Waals surface area (Å²) in [6.45, 7) is 12.4. The monoisotopic (exact) mass is 289 g/mol. The van der Waals surface area contributed by atoms with Gasteiger partial charge in [0.1, 0.15) is 0 Å². The van der Waals surface area contributed by atoms with E-state index >= 15 is 0 Å². The highest BCUT2D eigenvalue weighted by atomic mass is 15.3. The Morgan fingerprint density at radius 3 is 2.14 bits per heavy atom. The molecule has 1 saturated heterocycles. The van der Waals surface area contributed by atoms with E-state index < -0.39 is 0 Å². The Hall–Kier alpha value is -0.900. The predicted octanol–water partition coefficient (Wildman–Crippen LogP) is 2.67. The van der Waals surface area contributed by atoms with Crippen LogP contribution in [0.3, 0.4) is 0 Å². The molecule has 1 fully saturated rings. The molecule has 1 aromatic rings. The summed E-state index contributed by atoms with van der Waals surface area (Å²) in [5, 5.41) is 0. The summed E-state index contributed by atoms with van der Waals surface area (Å²) in [7, 11) is 0. The van der Waals surface area contributed by atoms with Gasteiger partial charge in [-0.25, -0.2) is 0 Å². The lowest BCUT2D eigenvalue weighted by Gasteiger charge is -2.34. The van der Waals surface area contributed by atoms with Crippen molar-refractivity contribution in [2.75, 3.05) is 39.3 Å². The zero-order valence-electron chi connectivity index (χ0n) is 13.7. The number of rotatable bonds is 7. The van der Waals surface area contributed by atoms with Gasteiger partial charge in [0.25, 0.3) is 0 Å². The molecule has 2 N–H and O–H groups in total. The molecule has 118 valence electrons. The standard InChI is InChI=1S/C18H31N3/c1-16(2)18-7-5-17(6-8-18)15-21-13-11-20(12-14-21)10-4-3-9-19/h5-8,16H,3-4,9-15,19H2,1-2H3. The van der Waals surface area contributed by atoms with Gasteiger partial charge < -0.3 is 10.6 Å². The quantitative estimate of drug-likeness (QED) is 0.783. The molecule has 0 unspecified atom stereocenters. The molecule has 0 spiro atoms. The van der Waals surface area contributed by atoms with E-state index in [1.807, 2.05) is 0 Å². The summed E-state index contributed by atoms with van der Waals surface area (Å²) in [6.07, 6.45) is 2.40. The van der Waals surface area contributed by atoms with Gasteiger partial charge in [-0.15, -0.1) is 0 Å². The molecule has 1 heterocycles. The van der Waals surface area contributed by atoms with Crippen molar-refractivity contribution in [2.45, 2.75) is 39.2 Å². The molecule has 3 nitrogen and oxygen atoms in total. The Kier molecular flexibility index (Phi) is 6.68. The molecule has 0 atom stereocenters. The molecule has 3 heteroatoms. The highest BCUT2D eigenvalue weighted by molar-refractivity contribution is 5.24. The van der Waals surface area contributed by atoms with Crippen LogP contribution in [0, 0.1) is 0 Å². The van der Waals surface area contributed by atoms with Gasteiger partial charge in [-0.1, -0.05) is 38.1 Å². The molecule has 0 saturated carbocycles. The highest BCUT2D eigenvalue weighted by Crippen LogP contribution is 2.16. The van der Waals surface area contributed by atoms with Crippen LogP contribution in [-0.2, 0) is 6.54 Å². The van der Waals surface area contributed by atoms with E-state index in [0.717, 1.165) is 19.5 Å². The Bertz CT molecular complexity index is 391. The minimum atomic E-state index is 0.621. The fourth-order valence-corrected chi connectivity index (χ4v) is 2.92. The van der Waals surface area contributed by atoms with Crippen molar-refractivity contribution >= 4 is 0 Å². The van der Waals surface area contributed by atoms with Crippen molar-refractivity contribution < 1.29 is 0 Å². The van der Waals surface area contributed by atoms with Gasteiger partial charge in [0.05, 0.1) is 0 Å². The molecule has 1 aliphatic heterocycles. The molecular weight excluding hydrogens is 258 g/mol. The van der Waals surface area contributed by atoms with Crippen LogP contribution in [-0.4, -0.2) is 49.1 Å². The second kappa shape index (κ2) is 8.52. The molecule has 2 rings (SSSR count). The van der Waals surface area contributed by atoms with Crippen LogP contribution in [0.2, 0.25) is 0 Å². The summed E-state index contributed by atoms with van der Waals surface area (Å²) in [5.41, 5.74) is 8.43. The summed E-state index contributed by atoms with van der Waals surface area (Å²) in [6, 6.07) is 9.15. The third-order valence-corrected chi connectivity index (χ3v) is 4.45. The number of piperazine rings is 1. The lowest BCUT2D eigenvalue weighted by Crippen LogP contribution is -2.46. The average molecular weight is 289 g/mol. The molecule has 21 heavy (non-hydrogen) atoms. The first-order chi connectivity index (χ1) is 10.2. The van der Waals surface area contributed by atoms with Crippen molar-refractivity contribution in [3.05, 3.63) is 35.4 Å². The number of benzene rings is 1. The molecule has 0 aliphatic carbocycles. The maximum atomic E-state index is 5.55. The average Bonchev–Trinajstić information content (AvgIpc) is 2.50. The first kappa shape index (κ1) is 16.5. The number of hydrogen-bond donors (Lipinski definition) is 1. The first-order valence-corrected chi connectivity index (χ1v) is 8.42. The second-order valence-electron chi connectivity index (χ2n) is 6.51. The number of nitrogens with two attached hydrogens (primary N) is 1. The molecule has 0 bridgehead atoms. The van der Waals surface area contributed by atoms with E-state index in [1.165, 1.54) is 50.3 Å². The molecule has 0 radical (unpaired) electrons. The summed E-state index contributed by atoms with van der Waals surface area (Å²) >= 11 is 0. The van der Waals surface area contributed by atoms with Crippen LogP contribution in [0.25, 0.3) is 0 Å². The van der Waals surface area contributed by atoms with Gasteiger partial charge in [-0.2, -0.15) is 0 Å². The number of unbranched alkanes of at least 4 members (excludes halogenated alkanes) is 1. The number of nitrogens with zero attached hydrogens (tertiary/aromatic N) is 2. The van der Waals surface area contributed by atoms with Gasteiger partial charge in [0.2, 0.25) is 0 Å². The van der Waals surface area contributed by atoms with Crippen LogP contribution in [0.1, 0.15) is 43.7 Å². The summed E-state index contributed by atoms with van der Waals surface area (Å²) < 4.78 is 0. The summed E-state index contributed by atoms with van der Waals surface area (Å²) in [4.78, 5) is 5.15. The normalized spacial score (nSPS) is 17.5. The largest absolute Gasteiger partial charge is 0.330 e. The van der Waals surface area contributed by atoms with E-state index in [0.29, 0.717) is 5.92 Å². The van der Waals surface area contributed by atoms with E-state index in [9.17, 15) is 0 Å². The Balaban J connectivity index is 1.73. The Morgan fingerprint density at radius 2 is 1.57 bits per heavy atom. The van der Waals surface area contributed by atoms with Gasteiger partial charge >= 0.3 is 0 Å². The van der Waals surface area contributed by atoms with Crippen LogP contribution >= 0.6 is 0 Å². The van der Waals surface area contributed by atoms with E-state index in [2.05, 4.69) is 47.9 Å². The van der Waals surface area contributed by atoms with Crippen molar-refractivity contribution in [2.24, 2.45) is 5.73 Å². The highest BCUT2D eigenvalue weighted by Gasteiger charge is 2.16. The molecule has 0 amide bonds. The maximum Gasteiger partial charge on any atom is 0.0234 e. The van der Waals surface area contributed by atoms with Gasteiger partial charge in [0, 0.05) is 32.7 Å². The fourth-order valence-electron chi connectivity index (χ4n) is 2.92. The van der Waals surface area contributed by atoms with Crippen LogP contribution in [0.15, 0.2) is 24.3 Å². The van der Waals surface area contributed by atoms with Gasteiger partial charge in [-0.05, 0) is 43.0 Å². The molecule has 1 aromatic carbocycles. The van der Waals surface area contributed by atoms with Crippen molar-refractivity contribution in [1.29, 1.82) is 0 Å². The van der Waals surface area contributed by atoms with E-state index in [4.69, 9.17) is 5.73 Å². The van der Waals surface area contributed by atoms with Crippen LogP contribution in [0.4, 0.5) is 0 Å².